The van der Waals surface area contributed by atoms with Gasteiger partial charge in [-0.3, -0.25) is 9.59 Å². The van der Waals surface area contributed by atoms with Gasteiger partial charge in [0.05, 0.1) is 6.42 Å². The molecule has 0 radical (unpaired) electrons. The largest absolute Gasteiger partial charge is 0.456 e. The van der Waals surface area contributed by atoms with Gasteiger partial charge in [0, 0.05) is 25.0 Å². The summed E-state index contributed by atoms with van der Waals surface area (Å²) in [7, 11) is 0. The summed E-state index contributed by atoms with van der Waals surface area (Å²) >= 11 is 0. The van der Waals surface area contributed by atoms with Gasteiger partial charge >= 0.3 is 5.97 Å². The van der Waals surface area contributed by atoms with Crippen LogP contribution in [0.15, 0.2) is 18.5 Å². The molecule has 24 heavy (non-hydrogen) atoms. The molecule has 0 spiro atoms. The van der Waals surface area contributed by atoms with Crippen molar-refractivity contribution < 1.29 is 14.3 Å². The first kappa shape index (κ1) is 18.2. The standard InChI is InChI=1S/C17H26N4O3/c1-12-5-3-6-14(13(12)2)21-15(22)11-24-16(23)7-10-20-17-18-8-4-9-19-17/h4,8-9,12-14H,3,5-7,10-11H2,1-2H3,(H,21,22)(H,18,19,20). The average molecular weight is 334 g/mol. The maximum Gasteiger partial charge on any atom is 0.308 e. The summed E-state index contributed by atoms with van der Waals surface area (Å²) in [6.45, 7) is 4.52. The molecule has 2 rings (SSSR count). The number of anilines is 1. The van der Waals surface area contributed by atoms with Crippen LogP contribution in [0.5, 0.6) is 0 Å². The first-order valence-corrected chi connectivity index (χ1v) is 8.52. The van der Waals surface area contributed by atoms with Gasteiger partial charge in [0.2, 0.25) is 5.95 Å². The molecule has 1 aromatic rings. The molecular weight excluding hydrogens is 308 g/mol. The predicted molar refractivity (Wildman–Crippen MR) is 90.2 cm³/mol. The van der Waals surface area contributed by atoms with E-state index in [-0.39, 0.29) is 25.0 Å². The van der Waals surface area contributed by atoms with Crippen LogP contribution in [0.2, 0.25) is 0 Å². The van der Waals surface area contributed by atoms with E-state index >= 15 is 0 Å². The number of esters is 1. The molecule has 3 atom stereocenters. The number of aromatic nitrogens is 2. The van der Waals surface area contributed by atoms with Crippen molar-refractivity contribution in [2.24, 2.45) is 11.8 Å². The van der Waals surface area contributed by atoms with E-state index in [1.54, 1.807) is 18.5 Å². The summed E-state index contributed by atoms with van der Waals surface area (Å²) < 4.78 is 5.01. The van der Waals surface area contributed by atoms with Crippen LogP contribution in [0.25, 0.3) is 0 Å². The van der Waals surface area contributed by atoms with Gasteiger partial charge in [0.25, 0.3) is 5.91 Å². The molecule has 7 nitrogen and oxygen atoms in total. The zero-order valence-corrected chi connectivity index (χ0v) is 14.3. The van der Waals surface area contributed by atoms with Gasteiger partial charge in [-0.25, -0.2) is 9.97 Å². The highest BCUT2D eigenvalue weighted by atomic mass is 16.5. The van der Waals surface area contributed by atoms with Gasteiger partial charge in [-0.1, -0.05) is 26.7 Å². The molecule has 0 saturated heterocycles. The maximum atomic E-state index is 11.9. The molecule has 132 valence electrons. The smallest absolute Gasteiger partial charge is 0.308 e. The highest BCUT2D eigenvalue weighted by Crippen LogP contribution is 2.29. The summed E-state index contributed by atoms with van der Waals surface area (Å²) in [5.41, 5.74) is 0. The Bertz CT molecular complexity index is 538. The Morgan fingerprint density at radius 2 is 2.00 bits per heavy atom. The fraction of sp³-hybridized carbons (Fsp3) is 0.647. The van der Waals surface area contributed by atoms with Gasteiger partial charge in [0.1, 0.15) is 0 Å². The second-order valence-electron chi connectivity index (χ2n) is 6.35. The number of rotatable bonds is 7. The molecule has 1 saturated carbocycles. The summed E-state index contributed by atoms with van der Waals surface area (Å²) in [5, 5.41) is 5.90. The predicted octanol–water partition coefficient (Wildman–Crippen LogP) is 1.76. The van der Waals surface area contributed by atoms with E-state index in [1.165, 1.54) is 6.42 Å². The van der Waals surface area contributed by atoms with E-state index in [1.807, 2.05) is 0 Å². The minimum atomic E-state index is -0.418. The first-order valence-electron chi connectivity index (χ1n) is 8.52. The van der Waals surface area contributed by atoms with E-state index in [9.17, 15) is 9.59 Å². The second kappa shape index (κ2) is 9.20. The number of nitrogens with one attached hydrogen (secondary N) is 2. The molecule has 0 bridgehead atoms. The molecule has 0 aliphatic heterocycles. The third kappa shape index (κ3) is 5.79. The van der Waals surface area contributed by atoms with Crippen LogP contribution in [-0.4, -0.2) is 41.0 Å². The number of carbonyl (C=O) groups is 2. The Kier molecular flexibility index (Phi) is 6.96. The van der Waals surface area contributed by atoms with Crippen LogP contribution in [0.4, 0.5) is 5.95 Å². The molecule has 0 aromatic carbocycles. The average Bonchev–Trinajstić information content (AvgIpc) is 2.58. The second-order valence-corrected chi connectivity index (χ2v) is 6.35. The Labute approximate surface area is 142 Å². The van der Waals surface area contributed by atoms with Gasteiger partial charge in [-0.15, -0.1) is 0 Å². The molecule has 1 aliphatic carbocycles. The number of amides is 1. The first-order chi connectivity index (χ1) is 11.6. The van der Waals surface area contributed by atoms with Crippen molar-refractivity contribution in [3.8, 4) is 0 Å². The van der Waals surface area contributed by atoms with Gasteiger partial charge in [-0.05, 0) is 24.3 Å². The molecule has 2 N–H and O–H groups in total. The van der Waals surface area contributed by atoms with Gasteiger partial charge in [0.15, 0.2) is 6.61 Å². The van der Waals surface area contributed by atoms with Crippen molar-refractivity contribution in [2.45, 2.75) is 45.6 Å². The van der Waals surface area contributed by atoms with E-state index in [0.29, 0.717) is 24.3 Å². The summed E-state index contributed by atoms with van der Waals surface area (Å²) in [5.74, 6) is 0.877. The number of ether oxygens (including phenoxy) is 1. The van der Waals surface area contributed by atoms with Crippen LogP contribution < -0.4 is 10.6 Å². The Morgan fingerprint density at radius 3 is 2.75 bits per heavy atom. The van der Waals surface area contributed by atoms with E-state index < -0.39 is 5.97 Å². The third-order valence-corrected chi connectivity index (χ3v) is 4.60. The number of nitrogens with zero attached hydrogens (tertiary/aromatic N) is 2. The summed E-state index contributed by atoms with van der Waals surface area (Å²) in [6, 6.07) is 1.89. The molecule has 1 aliphatic rings. The summed E-state index contributed by atoms with van der Waals surface area (Å²) in [6.07, 6.45) is 6.72. The summed E-state index contributed by atoms with van der Waals surface area (Å²) in [4.78, 5) is 31.6. The lowest BCUT2D eigenvalue weighted by molar-refractivity contribution is -0.148. The number of carbonyl (C=O) groups excluding carboxylic acids is 2. The van der Waals surface area contributed by atoms with Crippen molar-refractivity contribution in [3.05, 3.63) is 18.5 Å². The SMILES string of the molecule is CC1CCCC(NC(=O)COC(=O)CCNc2ncccn2)C1C. The fourth-order valence-corrected chi connectivity index (χ4v) is 2.92. The molecule has 1 aromatic heterocycles. The lowest BCUT2D eigenvalue weighted by Crippen LogP contribution is -2.45. The topological polar surface area (TPSA) is 93.2 Å². The minimum Gasteiger partial charge on any atom is -0.456 e. The van der Waals surface area contributed by atoms with Crippen molar-refractivity contribution in [2.75, 3.05) is 18.5 Å². The lowest BCUT2D eigenvalue weighted by Gasteiger charge is -2.34. The zero-order chi connectivity index (χ0) is 17.4. The van der Waals surface area contributed by atoms with Crippen LogP contribution in [0, 0.1) is 11.8 Å². The molecule has 1 amide bonds. The Hall–Kier alpha value is -2.18. The van der Waals surface area contributed by atoms with Gasteiger partial charge < -0.3 is 15.4 Å². The van der Waals surface area contributed by atoms with Crippen molar-refractivity contribution in [3.63, 3.8) is 0 Å². The van der Waals surface area contributed by atoms with Crippen molar-refractivity contribution in [1.82, 2.24) is 15.3 Å². The third-order valence-electron chi connectivity index (χ3n) is 4.60. The molecule has 1 heterocycles. The van der Waals surface area contributed by atoms with Crippen LogP contribution in [-0.2, 0) is 14.3 Å². The normalized spacial score (nSPS) is 23.3. The Balaban J connectivity index is 1.61. The van der Waals surface area contributed by atoms with Gasteiger partial charge in [-0.2, -0.15) is 0 Å². The minimum absolute atomic E-state index is 0.155. The fourth-order valence-electron chi connectivity index (χ4n) is 2.92. The molecular formula is C17H26N4O3. The maximum absolute atomic E-state index is 11.9. The Morgan fingerprint density at radius 1 is 1.25 bits per heavy atom. The molecule has 1 fully saturated rings. The van der Waals surface area contributed by atoms with Crippen LogP contribution >= 0.6 is 0 Å². The van der Waals surface area contributed by atoms with E-state index in [4.69, 9.17) is 4.74 Å². The van der Waals surface area contributed by atoms with Crippen LogP contribution in [0.1, 0.15) is 39.5 Å². The van der Waals surface area contributed by atoms with E-state index in [2.05, 4.69) is 34.4 Å². The monoisotopic (exact) mass is 334 g/mol. The molecule has 7 heteroatoms. The number of hydrogen-bond acceptors (Lipinski definition) is 6. The lowest BCUT2D eigenvalue weighted by atomic mass is 9.78. The quantitative estimate of drug-likeness (QED) is 0.738. The van der Waals surface area contributed by atoms with Crippen molar-refractivity contribution in [1.29, 1.82) is 0 Å². The zero-order valence-electron chi connectivity index (χ0n) is 14.3. The molecule has 3 unspecified atom stereocenters. The highest BCUT2D eigenvalue weighted by Gasteiger charge is 2.28. The highest BCUT2D eigenvalue weighted by molar-refractivity contribution is 5.80. The van der Waals surface area contributed by atoms with Crippen LogP contribution in [0.3, 0.4) is 0 Å². The van der Waals surface area contributed by atoms with Crippen molar-refractivity contribution >= 4 is 17.8 Å². The number of hydrogen-bond donors (Lipinski definition) is 2. The van der Waals surface area contributed by atoms with E-state index in [0.717, 1.165) is 12.8 Å².